The van der Waals surface area contributed by atoms with Crippen molar-refractivity contribution in [2.45, 2.75) is 57.6 Å². The van der Waals surface area contributed by atoms with Crippen molar-refractivity contribution in [3.8, 4) is 0 Å². The van der Waals surface area contributed by atoms with Crippen LogP contribution in [0.15, 0.2) is 12.7 Å². The Balaban J connectivity index is 1.49. The maximum absolute atomic E-state index is 6.01. The van der Waals surface area contributed by atoms with Gasteiger partial charge in [-0.2, -0.15) is 0 Å². The lowest BCUT2D eigenvalue weighted by Crippen LogP contribution is -2.13. The Kier molecular flexibility index (Phi) is 4.65. The number of nitrogens with zero attached hydrogens (tertiary/aromatic N) is 4. The largest absolute Gasteiger partial charge is 0.382 e. The summed E-state index contributed by atoms with van der Waals surface area (Å²) in [5.41, 5.74) is 7.27. The molecule has 0 bridgehead atoms. The number of hydrogen-bond donors (Lipinski definition) is 1. The first kappa shape index (κ1) is 14.3. The standard InChI is InChI=1S/C15H23N5O/c16-14-13-15(18-10-17-14)20(11-19-13)8-5-9-21-12-6-3-1-2-4-7-12/h10-12H,1-9H2,(H2,16,17,18). The average Bonchev–Trinajstić information content (AvgIpc) is 2.73. The van der Waals surface area contributed by atoms with E-state index in [4.69, 9.17) is 10.5 Å². The van der Waals surface area contributed by atoms with Gasteiger partial charge >= 0.3 is 0 Å². The molecule has 0 unspecified atom stereocenters. The normalized spacial score (nSPS) is 17.1. The van der Waals surface area contributed by atoms with Gasteiger partial charge < -0.3 is 15.0 Å². The topological polar surface area (TPSA) is 78.9 Å². The molecule has 2 aromatic heterocycles. The van der Waals surface area contributed by atoms with Crippen LogP contribution in [0.2, 0.25) is 0 Å². The van der Waals surface area contributed by atoms with E-state index in [0.29, 0.717) is 17.4 Å². The summed E-state index contributed by atoms with van der Waals surface area (Å²) >= 11 is 0. The first-order chi connectivity index (χ1) is 10.3. The van der Waals surface area contributed by atoms with E-state index in [1.807, 2.05) is 4.57 Å². The van der Waals surface area contributed by atoms with Crippen molar-refractivity contribution < 1.29 is 4.74 Å². The van der Waals surface area contributed by atoms with E-state index in [1.165, 1.54) is 44.9 Å². The summed E-state index contributed by atoms with van der Waals surface area (Å²) in [4.78, 5) is 12.5. The van der Waals surface area contributed by atoms with E-state index in [9.17, 15) is 0 Å². The molecule has 6 heteroatoms. The number of ether oxygens (including phenoxy) is 1. The van der Waals surface area contributed by atoms with Crippen LogP contribution in [-0.2, 0) is 11.3 Å². The highest BCUT2D eigenvalue weighted by Gasteiger charge is 2.12. The number of aromatic nitrogens is 4. The zero-order valence-electron chi connectivity index (χ0n) is 12.4. The van der Waals surface area contributed by atoms with Crippen molar-refractivity contribution in [2.75, 3.05) is 12.3 Å². The van der Waals surface area contributed by atoms with Crippen molar-refractivity contribution >= 4 is 17.0 Å². The molecule has 21 heavy (non-hydrogen) atoms. The van der Waals surface area contributed by atoms with Crippen molar-refractivity contribution in [3.63, 3.8) is 0 Å². The van der Waals surface area contributed by atoms with E-state index >= 15 is 0 Å². The van der Waals surface area contributed by atoms with E-state index in [2.05, 4.69) is 15.0 Å². The van der Waals surface area contributed by atoms with Crippen LogP contribution >= 0.6 is 0 Å². The minimum absolute atomic E-state index is 0.438. The van der Waals surface area contributed by atoms with Crippen molar-refractivity contribution in [3.05, 3.63) is 12.7 Å². The lowest BCUT2D eigenvalue weighted by molar-refractivity contribution is 0.0402. The molecule has 0 amide bonds. The number of rotatable bonds is 5. The van der Waals surface area contributed by atoms with Crippen LogP contribution in [0.4, 0.5) is 5.82 Å². The fourth-order valence-corrected chi connectivity index (χ4v) is 2.96. The van der Waals surface area contributed by atoms with Crippen LogP contribution in [-0.4, -0.2) is 32.2 Å². The van der Waals surface area contributed by atoms with Gasteiger partial charge in [-0.3, -0.25) is 0 Å². The SMILES string of the molecule is Nc1ncnc2c1ncn2CCCOC1CCCCCC1. The lowest BCUT2D eigenvalue weighted by Gasteiger charge is -2.15. The van der Waals surface area contributed by atoms with Crippen LogP contribution < -0.4 is 5.73 Å². The summed E-state index contributed by atoms with van der Waals surface area (Å²) in [6, 6.07) is 0. The van der Waals surface area contributed by atoms with Crippen LogP contribution in [0.25, 0.3) is 11.2 Å². The van der Waals surface area contributed by atoms with Crippen molar-refractivity contribution in [2.24, 2.45) is 0 Å². The van der Waals surface area contributed by atoms with Gasteiger partial charge in [0.15, 0.2) is 11.5 Å². The molecule has 114 valence electrons. The van der Waals surface area contributed by atoms with Gasteiger partial charge in [0.2, 0.25) is 0 Å². The quantitative estimate of drug-likeness (QED) is 0.676. The molecular formula is C15H23N5O. The Morgan fingerprint density at radius 3 is 2.76 bits per heavy atom. The predicted molar refractivity (Wildman–Crippen MR) is 81.8 cm³/mol. The second-order valence-corrected chi connectivity index (χ2v) is 5.71. The zero-order chi connectivity index (χ0) is 14.5. The molecule has 0 aliphatic heterocycles. The highest BCUT2D eigenvalue weighted by molar-refractivity contribution is 5.80. The molecule has 3 rings (SSSR count). The molecule has 2 aromatic rings. The molecule has 1 aliphatic carbocycles. The summed E-state index contributed by atoms with van der Waals surface area (Å²) in [7, 11) is 0. The number of anilines is 1. The Morgan fingerprint density at radius 2 is 1.95 bits per heavy atom. The Labute approximate surface area is 124 Å². The number of nitrogens with two attached hydrogens (primary N) is 1. The molecule has 1 aliphatic rings. The second-order valence-electron chi connectivity index (χ2n) is 5.71. The highest BCUT2D eigenvalue weighted by Crippen LogP contribution is 2.20. The number of aryl methyl sites for hydroxylation is 1. The third-order valence-corrected chi connectivity index (χ3v) is 4.13. The average molecular weight is 289 g/mol. The number of nitrogen functional groups attached to an aromatic ring is 1. The number of fused-ring (bicyclic) bond motifs is 1. The third kappa shape index (κ3) is 3.50. The van der Waals surface area contributed by atoms with Crippen molar-refractivity contribution in [1.29, 1.82) is 0 Å². The molecule has 2 N–H and O–H groups in total. The maximum atomic E-state index is 6.01. The lowest BCUT2D eigenvalue weighted by atomic mass is 10.1. The monoisotopic (exact) mass is 289 g/mol. The maximum Gasteiger partial charge on any atom is 0.165 e. The Morgan fingerprint density at radius 1 is 1.14 bits per heavy atom. The smallest absolute Gasteiger partial charge is 0.165 e. The van der Waals surface area contributed by atoms with Gasteiger partial charge in [-0.25, -0.2) is 15.0 Å². The molecule has 6 nitrogen and oxygen atoms in total. The van der Waals surface area contributed by atoms with Crippen LogP contribution in [0.1, 0.15) is 44.9 Å². The molecule has 1 saturated carbocycles. The molecule has 2 heterocycles. The minimum atomic E-state index is 0.438. The summed E-state index contributed by atoms with van der Waals surface area (Å²) in [6.07, 6.45) is 12.5. The van der Waals surface area contributed by atoms with Gasteiger partial charge in [0.1, 0.15) is 11.8 Å². The van der Waals surface area contributed by atoms with Gasteiger partial charge in [-0.05, 0) is 19.3 Å². The van der Waals surface area contributed by atoms with Gasteiger partial charge in [-0.1, -0.05) is 25.7 Å². The Hall–Kier alpha value is -1.69. The van der Waals surface area contributed by atoms with E-state index in [0.717, 1.165) is 25.2 Å². The molecule has 0 atom stereocenters. The van der Waals surface area contributed by atoms with Gasteiger partial charge in [-0.15, -0.1) is 0 Å². The van der Waals surface area contributed by atoms with Crippen LogP contribution in [0, 0.1) is 0 Å². The zero-order valence-corrected chi connectivity index (χ0v) is 12.4. The van der Waals surface area contributed by atoms with Crippen LogP contribution in [0.5, 0.6) is 0 Å². The van der Waals surface area contributed by atoms with E-state index in [1.54, 1.807) is 6.33 Å². The third-order valence-electron chi connectivity index (χ3n) is 4.13. The molecular weight excluding hydrogens is 266 g/mol. The molecule has 0 radical (unpaired) electrons. The first-order valence-corrected chi connectivity index (χ1v) is 7.87. The van der Waals surface area contributed by atoms with E-state index < -0.39 is 0 Å². The first-order valence-electron chi connectivity index (χ1n) is 7.87. The highest BCUT2D eigenvalue weighted by atomic mass is 16.5. The predicted octanol–water partition coefficient (Wildman–Crippen LogP) is 2.54. The Bertz CT molecular complexity index is 574. The number of hydrogen-bond acceptors (Lipinski definition) is 5. The summed E-state index contributed by atoms with van der Waals surface area (Å²) < 4.78 is 8.02. The second kappa shape index (κ2) is 6.85. The number of imidazole rings is 1. The fourth-order valence-electron chi connectivity index (χ4n) is 2.96. The van der Waals surface area contributed by atoms with E-state index in [-0.39, 0.29) is 0 Å². The summed E-state index contributed by atoms with van der Waals surface area (Å²) in [5.74, 6) is 0.438. The van der Waals surface area contributed by atoms with Gasteiger partial charge in [0.05, 0.1) is 12.4 Å². The van der Waals surface area contributed by atoms with Crippen LogP contribution in [0.3, 0.4) is 0 Å². The minimum Gasteiger partial charge on any atom is -0.382 e. The fraction of sp³-hybridized carbons (Fsp3) is 0.667. The molecule has 1 fully saturated rings. The molecule has 0 spiro atoms. The van der Waals surface area contributed by atoms with Crippen molar-refractivity contribution in [1.82, 2.24) is 19.5 Å². The van der Waals surface area contributed by atoms with Gasteiger partial charge in [0, 0.05) is 13.2 Å². The molecule has 0 aromatic carbocycles. The van der Waals surface area contributed by atoms with Gasteiger partial charge in [0.25, 0.3) is 0 Å². The molecule has 0 saturated heterocycles. The summed E-state index contributed by atoms with van der Waals surface area (Å²) in [5, 5.41) is 0. The summed E-state index contributed by atoms with van der Waals surface area (Å²) in [6.45, 7) is 1.64.